The number of ether oxygens (including phenoxy) is 1. The summed E-state index contributed by atoms with van der Waals surface area (Å²) in [6.07, 6.45) is 2.29. The average molecular weight is 233 g/mol. The molecular weight excluding hydrogens is 218 g/mol. The highest BCUT2D eigenvalue weighted by atomic mass is 32.2. The number of sulfonamides is 1. The summed E-state index contributed by atoms with van der Waals surface area (Å²) < 4.78 is 29.1. The lowest BCUT2D eigenvalue weighted by Crippen LogP contribution is -2.60. The van der Waals surface area contributed by atoms with Crippen molar-refractivity contribution in [3.63, 3.8) is 0 Å². The summed E-state index contributed by atoms with van der Waals surface area (Å²) in [5, 5.41) is 0. The number of carbonyl (C=O) groups is 1. The number of carbonyl (C=O) groups excluding carboxylic acids is 1. The van der Waals surface area contributed by atoms with E-state index in [1.54, 1.807) is 0 Å². The van der Waals surface area contributed by atoms with Crippen LogP contribution in [-0.4, -0.2) is 43.6 Å². The molecular formula is C9H15NO4S. The van der Waals surface area contributed by atoms with Crippen molar-refractivity contribution in [2.75, 3.05) is 20.2 Å². The highest BCUT2D eigenvalue weighted by molar-refractivity contribution is 7.91. The molecule has 2 rings (SSSR count). The predicted octanol–water partition coefficient (Wildman–Crippen LogP) is 0.118. The van der Waals surface area contributed by atoms with Crippen LogP contribution in [0.4, 0.5) is 0 Å². The van der Waals surface area contributed by atoms with Crippen molar-refractivity contribution in [2.45, 2.75) is 30.4 Å². The monoisotopic (exact) mass is 233 g/mol. The first-order valence-electron chi connectivity index (χ1n) is 5.13. The van der Waals surface area contributed by atoms with Gasteiger partial charge in [-0.15, -0.1) is 0 Å². The van der Waals surface area contributed by atoms with Gasteiger partial charge in [0.1, 0.15) is 0 Å². The molecule has 2 fully saturated rings. The fourth-order valence-corrected chi connectivity index (χ4v) is 4.89. The molecule has 0 radical (unpaired) electrons. The molecule has 2 aliphatic rings. The number of methoxy groups -OCH3 is 1. The Morgan fingerprint density at radius 1 is 1.27 bits per heavy atom. The zero-order valence-electron chi connectivity index (χ0n) is 8.73. The van der Waals surface area contributed by atoms with Crippen molar-refractivity contribution in [3.8, 4) is 0 Å². The quantitative estimate of drug-likeness (QED) is 0.603. The lowest BCUT2D eigenvalue weighted by molar-refractivity contribution is -0.145. The van der Waals surface area contributed by atoms with E-state index < -0.39 is 20.7 Å². The molecule has 15 heavy (non-hydrogen) atoms. The molecule has 2 saturated heterocycles. The van der Waals surface area contributed by atoms with E-state index in [1.165, 1.54) is 11.4 Å². The Balaban J connectivity index is 2.47. The minimum atomic E-state index is -3.48. The molecule has 2 heterocycles. The fourth-order valence-electron chi connectivity index (χ4n) is 2.56. The minimum absolute atomic E-state index is 0.401. The normalized spacial score (nSPS) is 38.3. The molecule has 86 valence electrons. The van der Waals surface area contributed by atoms with Gasteiger partial charge in [-0.05, 0) is 25.7 Å². The molecule has 0 aromatic heterocycles. The number of nitrogens with zero attached hydrogens (tertiary/aromatic N) is 1. The molecule has 0 unspecified atom stereocenters. The van der Waals surface area contributed by atoms with Crippen LogP contribution in [0, 0.1) is 0 Å². The summed E-state index contributed by atoms with van der Waals surface area (Å²) in [6, 6.07) is 0. The van der Waals surface area contributed by atoms with Gasteiger partial charge < -0.3 is 4.74 Å². The minimum Gasteiger partial charge on any atom is -0.468 e. The zero-order chi connectivity index (χ0) is 11.1. The van der Waals surface area contributed by atoms with Crippen LogP contribution < -0.4 is 0 Å². The van der Waals surface area contributed by atoms with Crippen LogP contribution >= 0.6 is 0 Å². The van der Waals surface area contributed by atoms with E-state index in [-0.39, 0.29) is 0 Å². The molecule has 0 aromatic rings. The second kappa shape index (κ2) is 3.45. The van der Waals surface area contributed by atoms with Crippen molar-refractivity contribution in [1.82, 2.24) is 4.31 Å². The molecule has 0 atom stereocenters. The van der Waals surface area contributed by atoms with Crippen LogP contribution in [0.5, 0.6) is 0 Å². The molecule has 0 N–H and O–H groups in total. The maximum Gasteiger partial charge on any atom is 0.328 e. The van der Waals surface area contributed by atoms with E-state index in [4.69, 9.17) is 0 Å². The predicted molar refractivity (Wildman–Crippen MR) is 53.7 cm³/mol. The van der Waals surface area contributed by atoms with Crippen LogP contribution in [0.1, 0.15) is 25.7 Å². The number of rotatable bonds is 1. The maximum atomic E-state index is 12.1. The number of hydrogen-bond donors (Lipinski definition) is 0. The number of fused-ring (bicyclic) bond motifs is 2. The van der Waals surface area contributed by atoms with Gasteiger partial charge in [0.25, 0.3) is 0 Å². The lowest BCUT2D eigenvalue weighted by Gasteiger charge is -2.43. The van der Waals surface area contributed by atoms with Crippen molar-refractivity contribution in [2.24, 2.45) is 0 Å². The molecule has 2 bridgehead atoms. The van der Waals surface area contributed by atoms with Gasteiger partial charge in [0.05, 0.1) is 7.11 Å². The van der Waals surface area contributed by atoms with E-state index in [9.17, 15) is 13.2 Å². The zero-order valence-corrected chi connectivity index (χ0v) is 9.55. The van der Waals surface area contributed by atoms with E-state index in [2.05, 4.69) is 4.74 Å². The van der Waals surface area contributed by atoms with Crippen LogP contribution in [0.2, 0.25) is 0 Å². The van der Waals surface area contributed by atoms with Gasteiger partial charge in [0, 0.05) is 13.1 Å². The Bertz CT molecular complexity index is 366. The van der Waals surface area contributed by atoms with E-state index >= 15 is 0 Å². The van der Waals surface area contributed by atoms with Crippen molar-refractivity contribution in [3.05, 3.63) is 0 Å². The fraction of sp³-hybridized carbons (Fsp3) is 0.889. The Hall–Kier alpha value is -0.620. The van der Waals surface area contributed by atoms with Gasteiger partial charge in [-0.25, -0.2) is 12.7 Å². The molecule has 0 spiro atoms. The van der Waals surface area contributed by atoms with Gasteiger partial charge in [-0.2, -0.15) is 0 Å². The Morgan fingerprint density at radius 2 is 1.80 bits per heavy atom. The third kappa shape index (κ3) is 1.31. The van der Waals surface area contributed by atoms with Crippen molar-refractivity contribution >= 4 is 16.0 Å². The van der Waals surface area contributed by atoms with E-state index in [1.807, 2.05) is 0 Å². The largest absolute Gasteiger partial charge is 0.468 e. The third-order valence-electron chi connectivity index (χ3n) is 3.37. The van der Waals surface area contributed by atoms with Gasteiger partial charge >= 0.3 is 5.97 Å². The summed E-state index contributed by atoms with van der Waals surface area (Å²) in [5.41, 5.74) is 0. The summed E-state index contributed by atoms with van der Waals surface area (Å²) in [7, 11) is -2.23. The second-order valence-electron chi connectivity index (χ2n) is 4.10. The molecule has 2 aliphatic heterocycles. The highest BCUT2D eigenvalue weighted by Gasteiger charge is 2.57. The Kier molecular flexibility index (Phi) is 2.50. The van der Waals surface area contributed by atoms with Crippen LogP contribution in [0.3, 0.4) is 0 Å². The number of hydrogen-bond acceptors (Lipinski definition) is 4. The van der Waals surface area contributed by atoms with Gasteiger partial charge in [0.15, 0.2) is 4.75 Å². The molecule has 0 amide bonds. The van der Waals surface area contributed by atoms with Crippen molar-refractivity contribution < 1.29 is 17.9 Å². The van der Waals surface area contributed by atoms with E-state index in [0.717, 1.165) is 12.8 Å². The molecule has 6 heteroatoms. The topological polar surface area (TPSA) is 63.7 Å². The molecule has 0 aromatic carbocycles. The van der Waals surface area contributed by atoms with Crippen LogP contribution in [0.15, 0.2) is 0 Å². The van der Waals surface area contributed by atoms with Crippen molar-refractivity contribution in [1.29, 1.82) is 0 Å². The summed E-state index contributed by atoms with van der Waals surface area (Å²) >= 11 is 0. The summed E-state index contributed by atoms with van der Waals surface area (Å²) in [5.74, 6) is -0.591. The first kappa shape index (κ1) is 10.9. The first-order chi connectivity index (χ1) is 7.04. The number of esters is 1. The Labute approximate surface area is 89.4 Å². The van der Waals surface area contributed by atoms with Gasteiger partial charge in [-0.3, -0.25) is 4.79 Å². The standard InChI is InChI=1S/C9H15NO4S/c1-14-8(11)9-4-2-6-10(7-3-5-9)15(9,12)13/h2-7H2,1H3. The molecule has 5 nitrogen and oxygen atoms in total. The lowest BCUT2D eigenvalue weighted by atomic mass is 9.94. The smallest absolute Gasteiger partial charge is 0.328 e. The summed E-state index contributed by atoms with van der Waals surface area (Å²) in [6.45, 7) is 1.09. The third-order valence-corrected chi connectivity index (χ3v) is 5.97. The van der Waals surface area contributed by atoms with Gasteiger partial charge in [-0.1, -0.05) is 0 Å². The van der Waals surface area contributed by atoms with Crippen LogP contribution in [-0.2, 0) is 19.6 Å². The van der Waals surface area contributed by atoms with Gasteiger partial charge in [0.2, 0.25) is 10.0 Å². The second-order valence-corrected chi connectivity index (χ2v) is 6.35. The first-order valence-corrected chi connectivity index (χ1v) is 6.57. The van der Waals surface area contributed by atoms with E-state index in [0.29, 0.717) is 25.9 Å². The molecule has 0 aliphatic carbocycles. The Morgan fingerprint density at radius 3 is 2.27 bits per heavy atom. The SMILES string of the molecule is COC(=O)C12CCCN(CCC1)S2(=O)=O. The summed E-state index contributed by atoms with van der Waals surface area (Å²) in [4.78, 5) is 11.7. The highest BCUT2D eigenvalue weighted by Crippen LogP contribution is 2.40. The molecule has 0 saturated carbocycles. The average Bonchev–Trinajstić information content (AvgIpc) is 2.15. The van der Waals surface area contributed by atoms with Crippen LogP contribution in [0.25, 0.3) is 0 Å². The maximum absolute atomic E-state index is 12.1.